The Bertz CT molecular complexity index is 1010. The summed E-state index contributed by atoms with van der Waals surface area (Å²) in [6, 6.07) is 12.1. The Labute approximate surface area is 148 Å². The quantitative estimate of drug-likeness (QED) is 0.691. The number of aryl methyl sites for hydroxylation is 1. The number of rotatable bonds is 5. The van der Waals surface area contributed by atoms with Gasteiger partial charge in [-0.15, -0.1) is 11.3 Å². The normalized spacial score (nSPS) is 11.3. The molecular weight excluding hydrogens is 362 g/mol. The maximum Gasteiger partial charge on any atom is 0.348 e. The average Bonchev–Trinajstić information content (AvgIpc) is 3.22. The van der Waals surface area contributed by atoms with Crippen LogP contribution >= 0.6 is 11.3 Å². The predicted molar refractivity (Wildman–Crippen MR) is 94.8 cm³/mol. The molecule has 0 saturated carbocycles. The highest BCUT2D eigenvalue weighted by atomic mass is 32.2. The zero-order valence-electron chi connectivity index (χ0n) is 13.5. The molecule has 2 aromatic heterocycles. The van der Waals surface area contributed by atoms with Crippen molar-refractivity contribution in [1.29, 1.82) is 0 Å². The number of hydrogen-bond donors (Lipinski definition) is 1. The number of nitrogens with zero attached hydrogens (tertiary/aromatic N) is 2. The summed E-state index contributed by atoms with van der Waals surface area (Å²) in [5.41, 5.74) is 1.40. The minimum absolute atomic E-state index is 0.00337. The molecule has 1 N–H and O–H groups in total. The predicted octanol–water partition coefficient (Wildman–Crippen LogP) is 2.83. The summed E-state index contributed by atoms with van der Waals surface area (Å²) in [6.07, 6.45) is 0. The van der Waals surface area contributed by atoms with Crippen molar-refractivity contribution in [3.8, 4) is 5.69 Å². The van der Waals surface area contributed by atoms with Crippen molar-refractivity contribution in [2.24, 2.45) is 0 Å². The Morgan fingerprint density at radius 1 is 1.24 bits per heavy atom. The molecule has 9 heteroatoms. The van der Waals surface area contributed by atoms with Crippen LogP contribution in [-0.2, 0) is 14.8 Å². The van der Waals surface area contributed by atoms with Gasteiger partial charge in [0.1, 0.15) is 10.7 Å². The third-order valence-corrected chi connectivity index (χ3v) is 5.74. The van der Waals surface area contributed by atoms with Crippen LogP contribution in [0.2, 0.25) is 0 Å². The second-order valence-electron chi connectivity index (χ2n) is 5.16. The number of carbonyl (C=O) groups excluding carboxylic acids is 1. The molecule has 0 amide bonds. The Kier molecular flexibility index (Phi) is 4.60. The highest BCUT2D eigenvalue weighted by Crippen LogP contribution is 2.24. The van der Waals surface area contributed by atoms with E-state index >= 15 is 0 Å². The van der Waals surface area contributed by atoms with Crippen molar-refractivity contribution in [1.82, 2.24) is 9.78 Å². The molecule has 3 aromatic rings. The first-order valence-corrected chi connectivity index (χ1v) is 9.59. The first-order valence-electron chi connectivity index (χ1n) is 7.22. The zero-order valence-corrected chi connectivity index (χ0v) is 15.1. The van der Waals surface area contributed by atoms with E-state index in [2.05, 4.69) is 14.6 Å². The van der Waals surface area contributed by atoms with E-state index in [4.69, 9.17) is 0 Å². The second-order valence-corrected chi connectivity index (χ2v) is 7.76. The van der Waals surface area contributed by atoms with Crippen LogP contribution in [0.15, 0.2) is 52.7 Å². The van der Waals surface area contributed by atoms with E-state index in [0.29, 0.717) is 11.5 Å². The van der Waals surface area contributed by atoms with E-state index in [1.54, 1.807) is 13.0 Å². The molecule has 0 unspecified atom stereocenters. The largest absolute Gasteiger partial charge is 0.465 e. The fourth-order valence-electron chi connectivity index (χ4n) is 2.20. The Morgan fingerprint density at radius 2 is 1.96 bits per heavy atom. The first-order chi connectivity index (χ1) is 11.9. The monoisotopic (exact) mass is 377 g/mol. The molecule has 0 fully saturated rings. The molecule has 0 radical (unpaired) electrons. The van der Waals surface area contributed by atoms with Crippen LogP contribution in [0.25, 0.3) is 5.69 Å². The van der Waals surface area contributed by atoms with E-state index in [1.165, 1.54) is 23.2 Å². The molecular formula is C16H15N3O4S2. The molecule has 3 rings (SSSR count). The van der Waals surface area contributed by atoms with Crippen molar-refractivity contribution in [3.05, 3.63) is 58.4 Å². The number of hydrogen-bond acceptors (Lipinski definition) is 6. The van der Waals surface area contributed by atoms with E-state index < -0.39 is 16.0 Å². The smallest absolute Gasteiger partial charge is 0.348 e. The highest BCUT2D eigenvalue weighted by molar-refractivity contribution is 7.92. The number of aromatic nitrogens is 2. The summed E-state index contributed by atoms with van der Waals surface area (Å²) in [5.74, 6) is -0.258. The van der Waals surface area contributed by atoms with Crippen molar-refractivity contribution in [2.45, 2.75) is 11.8 Å². The number of ether oxygens (including phenoxy) is 1. The minimum Gasteiger partial charge on any atom is -0.465 e. The van der Waals surface area contributed by atoms with E-state index in [0.717, 1.165) is 17.0 Å². The summed E-state index contributed by atoms with van der Waals surface area (Å²) in [7, 11) is -2.61. The fourth-order valence-corrected chi connectivity index (χ4v) is 4.43. The van der Waals surface area contributed by atoms with Crippen LogP contribution in [0.3, 0.4) is 0 Å². The standard InChI is InChI=1S/C16H15N3O4S2/c1-11-8-15(19(17-11)12-6-4-3-5-7-12)18-25(21,22)13-9-14(24-10-13)16(20)23-2/h3-10,18H,1-2H3. The maximum absolute atomic E-state index is 12.6. The Balaban J connectivity index is 1.94. The molecule has 0 saturated heterocycles. The lowest BCUT2D eigenvalue weighted by molar-refractivity contribution is 0.0606. The minimum atomic E-state index is -3.86. The number of sulfonamides is 1. The van der Waals surface area contributed by atoms with Gasteiger partial charge in [0.25, 0.3) is 10.0 Å². The number of anilines is 1. The first kappa shape index (κ1) is 17.2. The van der Waals surface area contributed by atoms with Gasteiger partial charge < -0.3 is 4.74 Å². The van der Waals surface area contributed by atoms with Crippen LogP contribution in [0.5, 0.6) is 0 Å². The molecule has 1 aromatic carbocycles. The maximum atomic E-state index is 12.6. The van der Waals surface area contributed by atoms with E-state index in [1.807, 2.05) is 30.3 Å². The fraction of sp³-hybridized carbons (Fsp3) is 0.125. The number of nitrogens with one attached hydrogen (secondary N) is 1. The number of para-hydroxylation sites is 1. The lowest BCUT2D eigenvalue weighted by atomic mass is 10.3. The van der Waals surface area contributed by atoms with Crippen LogP contribution in [0.1, 0.15) is 15.4 Å². The van der Waals surface area contributed by atoms with Gasteiger partial charge in [0.2, 0.25) is 0 Å². The second kappa shape index (κ2) is 6.69. The summed E-state index contributed by atoms with van der Waals surface area (Å²) in [4.78, 5) is 11.7. The van der Waals surface area contributed by atoms with Crippen molar-refractivity contribution in [2.75, 3.05) is 11.8 Å². The van der Waals surface area contributed by atoms with Gasteiger partial charge in [0, 0.05) is 11.4 Å². The van der Waals surface area contributed by atoms with Crippen LogP contribution in [0, 0.1) is 6.92 Å². The third-order valence-electron chi connectivity index (χ3n) is 3.34. The Hall–Kier alpha value is -2.65. The summed E-state index contributed by atoms with van der Waals surface area (Å²) < 4.78 is 33.9. The van der Waals surface area contributed by atoms with Gasteiger partial charge in [-0.25, -0.2) is 17.9 Å². The molecule has 0 aliphatic carbocycles. The van der Waals surface area contributed by atoms with Gasteiger partial charge in [0.05, 0.1) is 23.4 Å². The number of thiophene rings is 1. The van der Waals surface area contributed by atoms with Crippen molar-refractivity contribution >= 4 is 33.1 Å². The van der Waals surface area contributed by atoms with E-state index in [-0.39, 0.29) is 9.77 Å². The van der Waals surface area contributed by atoms with Crippen LogP contribution in [0.4, 0.5) is 5.82 Å². The lowest BCUT2D eigenvalue weighted by Gasteiger charge is -2.09. The highest BCUT2D eigenvalue weighted by Gasteiger charge is 2.21. The SMILES string of the molecule is COC(=O)c1cc(S(=O)(=O)Nc2cc(C)nn2-c2ccccc2)cs1. The van der Waals surface area contributed by atoms with E-state index in [9.17, 15) is 13.2 Å². The van der Waals surface area contributed by atoms with Gasteiger partial charge in [-0.2, -0.15) is 5.10 Å². The average molecular weight is 377 g/mol. The van der Waals surface area contributed by atoms with Crippen LogP contribution < -0.4 is 4.72 Å². The summed E-state index contributed by atoms with van der Waals surface area (Å²) in [5, 5.41) is 5.72. The number of methoxy groups -OCH3 is 1. The van der Waals surface area contributed by atoms with Gasteiger partial charge in [-0.3, -0.25) is 4.72 Å². The molecule has 0 spiro atoms. The molecule has 0 atom stereocenters. The Morgan fingerprint density at radius 3 is 2.64 bits per heavy atom. The molecule has 7 nitrogen and oxygen atoms in total. The van der Waals surface area contributed by atoms with Crippen LogP contribution in [-0.4, -0.2) is 31.3 Å². The molecule has 2 heterocycles. The molecule has 0 aliphatic heterocycles. The van der Waals surface area contributed by atoms with Gasteiger partial charge in [0.15, 0.2) is 0 Å². The lowest BCUT2D eigenvalue weighted by Crippen LogP contribution is -2.15. The third kappa shape index (κ3) is 3.57. The molecule has 130 valence electrons. The molecule has 0 bridgehead atoms. The summed E-state index contributed by atoms with van der Waals surface area (Å²) in [6.45, 7) is 1.77. The van der Waals surface area contributed by atoms with Gasteiger partial charge in [-0.05, 0) is 25.1 Å². The van der Waals surface area contributed by atoms with Gasteiger partial charge >= 0.3 is 5.97 Å². The number of benzene rings is 1. The van der Waals surface area contributed by atoms with Gasteiger partial charge in [-0.1, -0.05) is 18.2 Å². The molecule has 25 heavy (non-hydrogen) atoms. The molecule has 0 aliphatic rings. The summed E-state index contributed by atoms with van der Waals surface area (Å²) >= 11 is 1.01. The van der Waals surface area contributed by atoms with Crippen molar-refractivity contribution < 1.29 is 17.9 Å². The van der Waals surface area contributed by atoms with Crippen molar-refractivity contribution in [3.63, 3.8) is 0 Å². The topological polar surface area (TPSA) is 90.3 Å². The number of esters is 1. The number of carbonyl (C=O) groups is 1. The zero-order chi connectivity index (χ0) is 18.0.